The van der Waals surface area contributed by atoms with Gasteiger partial charge in [-0.3, -0.25) is 4.79 Å². The Kier molecular flexibility index (Phi) is 5.09. The van der Waals surface area contributed by atoms with E-state index in [0.29, 0.717) is 11.5 Å². The van der Waals surface area contributed by atoms with Crippen LogP contribution in [0.2, 0.25) is 0 Å². The minimum absolute atomic E-state index is 0.184. The van der Waals surface area contributed by atoms with Crippen molar-refractivity contribution < 1.29 is 18.3 Å². The van der Waals surface area contributed by atoms with Crippen molar-refractivity contribution in [3.8, 4) is 5.75 Å². The van der Waals surface area contributed by atoms with Crippen LogP contribution in [0.4, 0.5) is 14.5 Å². The van der Waals surface area contributed by atoms with E-state index in [-0.39, 0.29) is 5.69 Å². The third-order valence-corrected chi connectivity index (χ3v) is 4.46. The molecule has 0 radical (unpaired) electrons. The first-order valence-electron chi connectivity index (χ1n) is 7.54. The zero-order chi connectivity index (χ0) is 17.8. The highest BCUT2D eigenvalue weighted by atomic mass is 32.1. The maximum absolute atomic E-state index is 13.6. The maximum Gasteiger partial charge on any atom is 0.265 e. The molecule has 3 rings (SSSR count). The number of thiophene rings is 1. The fraction of sp³-hybridized carbons (Fsp3) is 0.105. The molecule has 1 aromatic heterocycles. The van der Waals surface area contributed by atoms with Gasteiger partial charge in [0.1, 0.15) is 24.0 Å². The summed E-state index contributed by atoms with van der Waals surface area (Å²) >= 11 is 1.22. The molecule has 0 saturated carbocycles. The second kappa shape index (κ2) is 7.44. The highest BCUT2D eigenvalue weighted by molar-refractivity contribution is 7.12. The lowest BCUT2D eigenvalue weighted by Crippen LogP contribution is -2.11. The molecule has 3 aromatic rings. The van der Waals surface area contributed by atoms with E-state index in [9.17, 15) is 13.6 Å². The van der Waals surface area contributed by atoms with Crippen LogP contribution in [0.25, 0.3) is 0 Å². The summed E-state index contributed by atoms with van der Waals surface area (Å²) in [6, 6.07) is 12.2. The topological polar surface area (TPSA) is 38.3 Å². The van der Waals surface area contributed by atoms with Crippen LogP contribution in [-0.2, 0) is 6.61 Å². The molecular formula is C19H15F2NO2S. The average molecular weight is 359 g/mol. The van der Waals surface area contributed by atoms with Crippen molar-refractivity contribution in [2.45, 2.75) is 13.5 Å². The van der Waals surface area contributed by atoms with Crippen molar-refractivity contribution in [2.75, 3.05) is 5.32 Å². The molecule has 25 heavy (non-hydrogen) atoms. The smallest absolute Gasteiger partial charge is 0.265 e. The SMILES string of the molecule is Cc1ccc(OCc2csc(C(=O)Nc3cc(F)ccc3F)c2)cc1. The summed E-state index contributed by atoms with van der Waals surface area (Å²) in [5.41, 5.74) is 1.79. The van der Waals surface area contributed by atoms with Crippen molar-refractivity contribution in [3.05, 3.63) is 81.5 Å². The van der Waals surface area contributed by atoms with Gasteiger partial charge in [-0.1, -0.05) is 17.7 Å². The number of rotatable bonds is 5. The van der Waals surface area contributed by atoms with Crippen molar-refractivity contribution in [2.24, 2.45) is 0 Å². The Hall–Kier alpha value is -2.73. The minimum atomic E-state index is -0.686. The average Bonchev–Trinajstić information content (AvgIpc) is 3.07. The number of carbonyl (C=O) groups excluding carboxylic acids is 1. The van der Waals surface area contributed by atoms with Gasteiger partial charge in [-0.15, -0.1) is 11.3 Å². The number of nitrogens with one attached hydrogen (secondary N) is 1. The molecule has 3 nitrogen and oxygen atoms in total. The first kappa shape index (κ1) is 17.1. The molecule has 0 atom stereocenters. The number of amides is 1. The molecule has 6 heteroatoms. The molecule has 1 amide bonds. The summed E-state index contributed by atoms with van der Waals surface area (Å²) in [5, 5.41) is 4.17. The van der Waals surface area contributed by atoms with E-state index in [2.05, 4.69) is 5.32 Å². The van der Waals surface area contributed by atoms with E-state index in [4.69, 9.17) is 4.74 Å². The van der Waals surface area contributed by atoms with Crippen LogP contribution in [-0.4, -0.2) is 5.91 Å². The molecule has 0 saturated heterocycles. The van der Waals surface area contributed by atoms with E-state index in [1.807, 2.05) is 31.2 Å². The molecule has 0 aliphatic rings. The molecule has 0 spiro atoms. The monoisotopic (exact) mass is 359 g/mol. The fourth-order valence-electron chi connectivity index (χ4n) is 2.15. The number of benzene rings is 2. The van der Waals surface area contributed by atoms with Gasteiger partial charge in [-0.05, 0) is 42.6 Å². The third-order valence-electron chi connectivity index (χ3n) is 3.48. The number of aryl methyl sites for hydroxylation is 1. The van der Waals surface area contributed by atoms with E-state index in [1.165, 1.54) is 11.3 Å². The van der Waals surface area contributed by atoms with Gasteiger partial charge in [0, 0.05) is 11.6 Å². The Morgan fingerprint density at radius 2 is 1.88 bits per heavy atom. The molecule has 128 valence electrons. The van der Waals surface area contributed by atoms with Gasteiger partial charge >= 0.3 is 0 Å². The van der Waals surface area contributed by atoms with Gasteiger partial charge in [0.15, 0.2) is 0 Å². The summed E-state index contributed by atoms with van der Waals surface area (Å²) in [7, 11) is 0. The van der Waals surface area contributed by atoms with Crippen LogP contribution in [0.1, 0.15) is 20.8 Å². The largest absolute Gasteiger partial charge is 0.489 e. The first-order chi connectivity index (χ1) is 12.0. The lowest BCUT2D eigenvalue weighted by Gasteiger charge is -2.05. The molecule has 0 bridgehead atoms. The summed E-state index contributed by atoms with van der Waals surface area (Å²) in [4.78, 5) is 12.6. The molecule has 0 aliphatic heterocycles. The van der Waals surface area contributed by atoms with Crippen molar-refractivity contribution >= 4 is 22.9 Å². The summed E-state index contributed by atoms with van der Waals surface area (Å²) < 4.78 is 32.4. The van der Waals surface area contributed by atoms with Gasteiger partial charge in [0.2, 0.25) is 0 Å². The Morgan fingerprint density at radius 1 is 1.12 bits per heavy atom. The highest BCUT2D eigenvalue weighted by Gasteiger charge is 2.13. The molecular weight excluding hydrogens is 344 g/mol. The number of carbonyl (C=O) groups is 1. The van der Waals surface area contributed by atoms with Crippen LogP contribution in [0.3, 0.4) is 0 Å². The second-order valence-electron chi connectivity index (χ2n) is 5.50. The first-order valence-corrected chi connectivity index (χ1v) is 8.42. The molecule has 1 heterocycles. The quantitative estimate of drug-likeness (QED) is 0.683. The Morgan fingerprint density at radius 3 is 2.64 bits per heavy atom. The lowest BCUT2D eigenvalue weighted by atomic mass is 10.2. The van der Waals surface area contributed by atoms with Crippen molar-refractivity contribution in [1.82, 2.24) is 0 Å². The zero-order valence-corrected chi connectivity index (χ0v) is 14.2. The van der Waals surface area contributed by atoms with Gasteiger partial charge in [-0.25, -0.2) is 8.78 Å². The molecule has 0 unspecified atom stereocenters. The normalized spacial score (nSPS) is 10.5. The van der Waals surface area contributed by atoms with Crippen LogP contribution in [0.15, 0.2) is 53.9 Å². The number of hydrogen-bond acceptors (Lipinski definition) is 3. The zero-order valence-electron chi connectivity index (χ0n) is 13.4. The molecule has 0 fully saturated rings. The Balaban J connectivity index is 1.63. The van der Waals surface area contributed by atoms with Gasteiger partial charge in [0.25, 0.3) is 5.91 Å². The van der Waals surface area contributed by atoms with E-state index in [1.54, 1.807) is 11.4 Å². The van der Waals surface area contributed by atoms with E-state index < -0.39 is 17.5 Å². The molecule has 0 aliphatic carbocycles. The maximum atomic E-state index is 13.6. The Labute approximate surface area is 147 Å². The van der Waals surface area contributed by atoms with Gasteiger partial charge in [0.05, 0.1) is 10.6 Å². The minimum Gasteiger partial charge on any atom is -0.489 e. The number of hydrogen-bond donors (Lipinski definition) is 1. The highest BCUT2D eigenvalue weighted by Crippen LogP contribution is 2.21. The standard InChI is InChI=1S/C19H15F2NO2S/c1-12-2-5-15(6-3-12)24-10-13-8-18(25-11-13)19(23)22-17-9-14(20)4-7-16(17)21/h2-9,11H,10H2,1H3,(H,22,23). The number of anilines is 1. The predicted molar refractivity (Wildman–Crippen MR) is 94.1 cm³/mol. The fourth-order valence-corrected chi connectivity index (χ4v) is 2.94. The van der Waals surface area contributed by atoms with Gasteiger partial charge in [-0.2, -0.15) is 0 Å². The van der Waals surface area contributed by atoms with Crippen LogP contribution >= 0.6 is 11.3 Å². The molecule has 2 aromatic carbocycles. The third kappa shape index (κ3) is 4.42. The van der Waals surface area contributed by atoms with Gasteiger partial charge < -0.3 is 10.1 Å². The van der Waals surface area contributed by atoms with E-state index in [0.717, 1.165) is 35.1 Å². The van der Waals surface area contributed by atoms with Crippen molar-refractivity contribution in [3.63, 3.8) is 0 Å². The summed E-state index contributed by atoms with van der Waals surface area (Å²) in [6.07, 6.45) is 0. The lowest BCUT2D eigenvalue weighted by molar-refractivity contribution is 0.103. The van der Waals surface area contributed by atoms with Crippen LogP contribution in [0.5, 0.6) is 5.75 Å². The molecule has 1 N–H and O–H groups in total. The summed E-state index contributed by atoms with van der Waals surface area (Å²) in [5.74, 6) is -1.05. The predicted octanol–water partition coefficient (Wildman–Crippen LogP) is 5.17. The van der Waals surface area contributed by atoms with E-state index >= 15 is 0 Å². The number of ether oxygens (including phenoxy) is 1. The van der Waals surface area contributed by atoms with Crippen LogP contribution in [0, 0.1) is 18.6 Å². The van der Waals surface area contributed by atoms with Crippen molar-refractivity contribution in [1.29, 1.82) is 0 Å². The summed E-state index contributed by atoms with van der Waals surface area (Å²) in [6.45, 7) is 2.32. The number of halogens is 2. The second-order valence-corrected chi connectivity index (χ2v) is 6.41. The van der Waals surface area contributed by atoms with Crippen LogP contribution < -0.4 is 10.1 Å². The Bertz CT molecular complexity index is 891.